The molecule has 0 unspecified atom stereocenters. The number of aliphatic hydroxyl groups excluding tert-OH is 1. The smallest absolute Gasteiger partial charge is 0.195 e. The fraction of sp³-hybridized carbons (Fsp3) is 0.273. The summed E-state index contributed by atoms with van der Waals surface area (Å²) in [6.07, 6.45) is 1.93. The molecule has 0 aromatic carbocycles. The molecule has 3 rings (SSSR count). The molecule has 3 aromatic heterocycles. The van der Waals surface area contributed by atoms with E-state index in [4.69, 9.17) is 0 Å². The Morgan fingerprint density at radius 3 is 3.11 bits per heavy atom. The summed E-state index contributed by atoms with van der Waals surface area (Å²) in [4.78, 5) is 11.7. The molecule has 0 atom stereocenters. The van der Waals surface area contributed by atoms with E-state index in [2.05, 4.69) is 9.97 Å². The second kappa shape index (κ2) is 4.68. The lowest BCUT2D eigenvalue weighted by Gasteiger charge is -2.16. The molecule has 0 saturated heterocycles. The van der Waals surface area contributed by atoms with Crippen molar-refractivity contribution >= 4 is 33.5 Å². The Morgan fingerprint density at radius 1 is 1.50 bits per heavy atom. The van der Waals surface area contributed by atoms with Crippen molar-refractivity contribution in [2.24, 2.45) is 0 Å². The fourth-order valence-electron chi connectivity index (χ4n) is 1.91. The first-order valence-corrected chi connectivity index (χ1v) is 7.25. The van der Waals surface area contributed by atoms with Crippen LogP contribution in [0, 0.1) is 0 Å². The normalized spacial score (nSPS) is 11.2. The van der Waals surface area contributed by atoms with Gasteiger partial charge in [-0.15, -0.1) is 22.7 Å². The second-order valence-corrected chi connectivity index (χ2v) is 5.52. The zero-order valence-corrected chi connectivity index (χ0v) is 11.4. The molecule has 0 aliphatic carbocycles. The van der Waals surface area contributed by atoms with E-state index >= 15 is 0 Å². The number of fused-ring (bicyclic) bond motifs is 1. The molecular weight excluding hydrogens is 268 g/mol. The van der Waals surface area contributed by atoms with Crippen LogP contribution in [0.3, 0.4) is 0 Å². The van der Waals surface area contributed by atoms with Crippen LogP contribution < -0.4 is 4.90 Å². The van der Waals surface area contributed by atoms with Gasteiger partial charge in [-0.25, -0.2) is 9.97 Å². The van der Waals surface area contributed by atoms with Crippen LogP contribution in [0.2, 0.25) is 0 Å². The van der Waals surface area contributed by atoms with Crippen LogP contribution in [0.1, 0.15) is 11.4 Å². The third kappa shape index (κ3) is 1.90. The third-order valence-corrected chi connectivity index (χ3v) is 4.13. The lowest BCUT2D eigenvalue weighted by molar-refractivity contribution is 0.276. The molecular formula is C11H12N4OS2. The zero-order valence-electron chi connectivity index (χ0n) is 9.78. The Balaban J connectivity index is 1.95. The van der Waals surface area contributed by atoms with Crippen molar-refractivity contribution in [3.8, 4) is 0 Å². The van der Waals surface area contributed by atoms with E-state index in [0.717, 1.165) is 22.2 Å². The van der Waals surface area contributed by atoms with E-state index < -0.39 is 0 Å². The number of thiazole rings is 2. The van der Waals surface area contributed by atoms with Gasteiger partial charge in [-0.05, 0) is 0 Å². The van der Waals surface area contributed by atoms with E-state index in [0.29, 0.717) is 6.54 Å². The van der Waals surface area contributed by atoms with Crippen LogP contribution >= 0.6 is 22.7 Å². The Bertz CT molecular complexity index is 643. The highest BCUT2D eigenvalue weighted by Crippen LogP contribution is 2.24. The fourth-order valence-corrected chi connectivity index (χ4v) is 3.18. The van der Waals surface area contributed by atoms with E-state index in [-0.39, 0.29) is 6.61 Å². The van der Waals surface area contributed by atoms with Crippen molar-refractivity contribution in [1.29, 1.82) is 0 Å². The number of hydrogen-bond acceptors (Lipinski definition) is 6. The molecule has 5 nitrogen and oxygen atoms in total. The van der Waals surface area contributed by atoms with Gasteiger partial charge in [-0.1, -0.05) is 0 Å². The molecule has 0 aliphatic heterocycles. The van der Waals surface area contributed by atoms with E-state index in [1.165, 1.54) is 0 Å². The maximum Gasteiger partial charge on any atom is 0.195 e. The maximum absolute atomic E-state index is 9.50. The van der Waals surface area contributed by atoms with Gasteiger partial charge in [0.05, 0.1) is 30.1 Å². The van der Waals surface area contributed by atoms with Crippen LogP contribution in [0.5, 0.6) is 0 Å². The molecule has 0 radical (unpaired) electrons. The van der Waals surface area contributed by atoms with Crippen LogP contribution in [-0.4, -0.2) is 26.5 Å². The van der Waals surface area contributed by atoms with Gasteiger partial charge in [-0.2, -0.15) is 0 Å². The minimum atomic E-state index is -0.0192. The van der Waals surface area contributed by atoms with Gasteiger partial charge in [0.25, 0.3) is 0 Å². The molecule has 0 bridgehead atoms. The van der Waals surface area contributed by atoms with Gasteiger partial charge in [0.1, 0.15) is 0 Å². The SMILES string of the molecule is CN(Cc1cscn1)c1nc2sccn2c1CO. The van der Waals surface area contributed by atoms with Crippen LogP contribution in [0.25, 0.3) is 4.96 Å². The largest absolute Gasteiger partial charge is 0.390 e. The number of anilines is 1. The second-order valence-electron chi connectivity index (χ2n) is 3.93. The molecule has 0 spiro atoms. The molecule has 94 valence electrons. The number of nitrogens with zero attached hydrogens (tertiary/aromatic N) is 4. The first-order chi connectivity index (χ1) is 8.79. The Kier molecular flexibility index (Phi) is 3.02. The number of hydrogen-bond donors (Lipinski definition) is 1. The molecule has 3 aromatic rings. The molecule has 0 saturated carbocycles. The average molecular weight is 280 g/mol. The number of aliphatic hydroxyl groups is 1. The Morgan fingerprint density at radius 2 is 2.39 bits per heavy atom. The van der Waals surface area contributed by atoms with Crippen molar-refractivity contribution in [3.05, 3.63) is 33.9 Å². The Labute approximate surface area is 112 Å². The van der Waals surface area contributed by atoms with E-state index in [9.17, 15) is 5.11 Å². The van der Waals surface area contributed by atoms with Gasteiger partial charge < -0.3 is 10.0 Å². The summed E-state index contributed by atoms with van der Waals surface area (Å²) in [5.74, 6) is 0.817. The van der Waals surface area contributed by atoms with Crippen molar-refractivity contribution in [1.82, 2.24) is 14.4 Å². The van der Waals surface area contributed by atoms with Crippen LogP contribution in [0.4, 0.5) is 5.82 Å². The van der Waals surface area contributed by atoms with Gasteiger partial charge in [0.15, 0.2) is 10.8 Å². The van der Waals surface area contributed by atoms with Crippen molar-refractivity contribution < 1.29 is 5.11 Å². The topological polar surface area (TPSA) is 53.7 Å². The van der Waals surface area contributed by atoms with E-state index in [1.807, 2.05) is 38.8 Å². The quantitative estimate of drug-likeness (QED) is 0.794. The molecule has 18 heavy (non-hydrogen) atoms. The first kappa shape index (κ1) is 11.6. The number of imidazole rings is 1. The summed E-state index contributed by atoms with van der Waals surface area (Å²) in [6.45, 7) is 0.677. The summed E-state index contributed by atoms with van der Waals surface area (Å²) in [7, 11) is 1.96. The highest BCUT2D eigenvalue weighted by Gasteiger charge is 2.16. The van der Waals surface area contributed by atoms with Gasteiger partial charge in [-0.3, -0.25) is 4.40 Å². The number of rotatable bonds is 4. The van der Waals surface area contributed by atoms with Crippen molar-refractivity contribution in [2.45, 2.75) is 13.2 Å². The predicted octanol–water partition coefficient (Wildman–Crippen LogP) is 1.98. The summed E-state index contributed by atoms with van der Waals surface area (Å²) in [6, 6.07) is 0. The maximum atomic E-state index is 9.50. The molecule has 3 heterocycles. The highest BCUT2D eigenvalue weighted by atomic mass is 32.1. The molecule has 0 amide bonds. The third-order valence-electron chi connectivity index (χ3n) is 2.73. The van der Waals surface area contributed by atoms with Gasteiger partial charge in [0.2, 0.25) is 0 Å². The van der Waals surface area contributed by atoms with Crippen molar-refractivity contribution in [3.63, 3.8) is 0 Å². The van der Waals surface area contributed by atoms with Gasteiger partial charge in [0, 0.05) is 24.0 Å². The first-order valence-electron chi connectivity index (χ1n) is 5.43. The molecule has 0 aliphatic rings. The summed E-state index contributed by atoms with van der Waals surface area (Å²) >= 11 is 3.15. The Hall–Kier alpha value is -1.44. The van der Waals surface area contributed by atoms with E-state index in [1.54, 1.807) is 22.7 Å². The average Bonchev–Trinajstić information content (AvgIpc) is 3.03. The monoisotopic (exact) mass is 280 g/mol. The van der Waals surface area contributed by atoms with Gasteiger partial charge >= 0.3 is 0 Å². The predicted molar refractivity (Wildman–Crippen MR) is 73.2 cm³/mol. The lowest BCUT2D eigenvalue weighted by atomic mass is 10.4. The lowest BCUT2D eigenvalue weighted by Crippen LogP contribution is -2.18. The summed E-state index contributed by atoms with van der Waals surface area (Å²) < 4.78 is 1.93. The minimum absolute atomic E-state index is 0.0192. The number of aromatic nitrogens is 3. The molecule has 1 N–H and O–H groups in total. The van der Waals surface area contributed by atoms with Crippen molar-refractivity contribution in [2.75, 3.05) is 11.9 Å². The minimum Gasteiger partial charge on any atom is -0.390 e. The van der Waals surface area contributed by atoms with Crippen LogP contribution in [-0.2, 0) is 13.2 Å². The zero-order chi connectivity index (χ0) is 12.5. The molecule has 7 heteroatoms. The summed E-state index contributed by atoms with van der Waals surface area (Å²) in [5.41, 5.74) is 3.66. The summed E-state index contributed by atoms with van der Waals surface area (Å²) in [5, 5.41) is 13.5. The van der Waals surface area contributed by atoms with Crippen LogP contribution in [0.15, 0.2) is 22.5 Å². The standard InChI is InChI=1S/C11H12N4OS2/c1-14(4-8-6-17-7-12-8)10-9(5-16)15-2-3-18-11(15)13-10/h2-3,6-7,16H,4-5H2,1H3. The molecule has 0 fully saturated rings. The highest BCUT2D eigenvalue weighted by molar-refractivity contribution is 7.15.